The van der Waals surface area contributed by atoms with Gasteiger partial charge in [-0.25, -0.2) is 13.8 Å². The fraction of sp³-hybridized carbons (Fsp3) is 0.160. The second kappa shape index (κ2) is 11.7. The first-order valence-electron chi connectivity index (χ1n) is 10.7. The minimum atomic E-state index is -3.73. The lowest BCUT2D eigenvalue weighted by atomic mass is 10.1. The van der Waals surface area contributed by atoms with Crippen LogP contribution in [0.25, 0.3) is 0 Å². The number of amides is 2. The number of halogens is 1. The molecule has 9 nitrogen and oxygen atoms in total. The third-order valence-corrected chi connectivity index (χ3v) is 6.40. The van der Waals surface area contributed by atoms with Gasteiger partial charge in [-0.3, -0.25) is 13.9 Å². The molecule has 0 unspecified atom stereocenters. The molecule has 3 rings (SSSR count). The Morgan fingerprint density at radius 2 is 1.67 bits per heavy atom. The normalized spacial score (nSPS) is 11.5. The van der Waals surface area contributed by atoms with Crippen molar-refractivity contribution >= 4 is 50.5 Å². The molecular weight excluding hydrogens is 504 g/mol. The summed E-state index contributed by atoms with van der Waals surface area (Å²) in [5.74, 6) is -0.388. The molecule has 0 fully saturated rings. The predicted octanol–water partition coefficient (Wildman–Crippen LogP) is 3.91. The van der Waals surface area contributed by atoms with Gasteiger partial charge in [-0.15, -0.1) is 0 Å². The summed E-state index contributed by atoms with van der Waals surface area (Å²) in [6, 6.07) is 19.8. The number of anilines is 2. The molecule has 2 amide bonds. The standard InChI is InChI=1S/C25H25ClN4O5S/c1-17(18-6-5-9-21(15-18)27-25(32)19-7-4-8-20(26)14-19)28-29-24(31)16-30(36(3,33)34)22-10-12-23(35-2)13-11-22/h4-15H,16H2,1-3H3,(H,27,32)(H,29,31)/b28-17-. The van der Waals surface area contributed by atoms with Crippen molar-refractivity contribution in [2.75, 3.05) is 29.5 Å². The minimum absolute atomic E-state index is 0.317. The molecule has 0 radical (unpaired) electrons. The fourth-order valence-corrected chi connectivity index (χ4v) is 4.23. The summed E-state index contributed by atoms with van der Waals surface area (Å²) in [6.45, 7) is 1.22. The number of carbonyl (C=O) groups excluding carboxylic acids is 2. The quantitative estimate of drug-likeness (QED) is 0.322. The van der Waals surface area contributed by atoms with E-state index in [0.29, 0.717) is 39.0 Å². The van der Waals surface area contributed by atoms with E-state index in [1.807, 2.05) is 0 Å². The second-order valence-corrected chi connectivity index (χ2v) is 10.1. The monoisotopic (exact) mass is 528 g/mol. The number of nitrogens with zero attached hydrogens (tertiary/aromatic N) is 2. The number of hydrogen-bond acceptors (Lipinski definition) is 6. The molecule has 0 atom stereocenters. The topological polar surface area (TPSA) is 117 Å². The van der Waals surface area contributed by atoms with Crippen LogP contribution in [0.15, 0.2) is 77.9 Å². The van der Waals surface area contributed by atoms with Crippen LogP contribution in [0.4, 0.5) is 11.4 Å². The van der Waals surface area contributed by atoms with Crippen LogP contribution < -0.4 is 19.8 Å². The minimum Gasteiger partial charge on any atom is -0.497 e. The van der Waals surface area contributed by atoms with Crippen molar-refractivity contribution in [3.05, 3.63) is 88.9 Å². The van der Waals surface area contributed by atoms with Crippen molar-refractivity contribution in [2.45, 2.75) is 6.92 Å². The van der Waals surface area contributed by atoms with Gasteiger partial charge in [0.05, 0.1) is 24.8 Å². The zero-order valence-electron chi connectivity index (χ0n) is 19.9. The van der Waals surface area contributed by atoms with Crippen LogP contribution in [-0.2, 0) is 14.8 Å². The Morgan fingerprint density at radius 1 is 1.00 bits per heavy atom. The number of benzene rings is 3. The molecule has 0 aliphatic carbocycles. The molecule has 0 saturated heterocycles. The second-order valence-electron chi connectivity index (χ2n) is 7.75. The third kappa shape index (κ3) is 7.30. The molecule has 0 spiro atoms. The highest BCUT2D eigenvalue weighted by Gasteiger charge is 2.21. The molecular formula is C25H25ClN4O5S. The Morgan fingerprint density at radius 3 is 2.31 bits per heavy atom. The molecule has 0 aliphatic heterocycles. The SMILES string of the molecule is COc1ccc(N(CC(=O)N/N=C(/C)c2cccc(NC(=O)c3cccc(Cl)c3)c2)S(C)(=O)=O)cc1. The summed E-state index contributed by atoms with van der Waals surface area (Å²) in [5.41, 5.74) is 4.75. The van der Waals surface area contributed by atoms with Crippen molar-refractivity contribution in [1.29, 1.82) is 0 Å². The fourth-order valence-electron chi connectivity index (χ4n) is 3.18. The van der Waals surface area contributed by atoms with Crippen molar-refractivity contribution in [2.24, 2.45) is 5.10 Å². The molecule has 0 saturated carbocycles. The molecule has 0 bridgehead atoms. The Bertz CT molecular complexity index is 1390. The maximum Gasteiger partial charge on any atom is 0.260 e. The molecule has 0 heterocycles. The van der Waals surface area contributed by atoms with E-state index in [1.54, 1.807) is 79.7 Å². The number of rotatable bonds is 9. The Kier molecular flexibility index (Phi) is 8.68. The average Bonchev–Trinajstić information content (AvgIpc) is 2.85. The molecule has 0 aliphatic rings. The van der Waals surface area contributed by atoms with Gasteiger partial charge in [0, 0.05) is 16.3 Å². The van der Waals surface area contributed by atoms with Gasteiger partial charge in [0.15, 0.2) is 0 Å². The van der Waals surface area contributed by atoms with Gasteiger partial charge in [0.25, 0.3) is 11.8 Å². The number of methoxy groups -OCH3 is 1. The maximum atomic E-state index is 12.5. The van der Waals surface area contributed by atoms with Crippen LogP contribution in [0.5, 0.6) is 5.75 Å². The van der Waals surface area contributed by atoms with E-state index in [9.17, 15) is 18.0 Å². The van der Waals surface area contributed by atoms with E-state index >= 15 is 0 Å². The average molecular weight is 529 g/mol. The van der Waals surface area contributed by atoms with Crippen molar-refractivity contribution < 1.29 is 22.7 Å². The van der Waals surface area contributed by atoms with E-state index in [-0.39, 0.29) is 5.91 Å². The number of hydrazone groups is 1. The lowest BCUT2D eigenvalue weighted by Gasteiger charge is -2.21. The first kappa shape index (κ1) is 26.7. The summed E-state index contributed by atoms with van der Waals surface area (Å²) in [7, 11) is -2.23. The summed E-state index contributed by atoms with van der Waals surface area (Å²) >= 11 is 5.95. The Balaban J connectivity index is 1.68. The van der Waals surface area contributed by atoms with Crippen molar-refractivity contribution in [3.63, 3.8) is 0 Å². The van der Waals surface area contributed by atoms with Gasteiger partial charge in [0.1, 0.15) is 12.3 Å². The van der Waals surface area contributed by atoms with E-state index < -0.39 is 22.5 Å². The van der Waals surface area contributed by atoms with Gasteiger partial charge in [-0.05, 0) is 67.1 Å². The summed E-state index contributed by atoms with van der Waals surface area (Å²) in [4.78, 5) is 25.0. The molecule has 0 aromatic heterocycles. The van der Waals surface area contributed by atoms with E-state index in [1.165, 1.54) is 7.11 Å². The highest BCUT2D eigenvalue weighted by atomic mass is 35.5. The number of nitrogens with one attached hydrogen (secondary N) is 2. The third-order valence-electron chi connectivity index (χ3n) is 5.02. The van der Waals surface area contributed by atoms with E-state index in [4.69, 9.17) is 16.3 Å². The highest BCUT2D eigenvalue weighted by Crippen LogP contribution is 2.21. The number of carbonyl (C=O) groups is 2. The summed E-state index contributed by atoms with van der Waals surface area (Å²) in [6.07, 6.45) is 1.02. The molecule has 11 heteroatoms. The van der Waals surface area contributed by atoms with E-state index in [0.717, 1.165) is 10.6 Å². The Hall–Kier alpha value is -3.89. The highest BCUT2D eigenvalue weighted by molar-refractivity contribution is 7.92. The number of hydrogen-bond donors (Lipinski definition) is 2. The molecule has 3 aromatic rings. The largest absolute Gasteiger partial charge is 0.497 e. The van der Waals surface area contributed by atoms with Gasteiger partial charge in [-0.2, -0.15) is 5.10 Å². The van der Waals surface area contributed by atoms with Gasteiger partial charge in [-0.1, -0.05) is 29.8 Å². The number of sulfonamides is 1. The first-order chi connectivity index (χ1) is 17.1. The van der Waals surface area contributed by atoms with Crippen LogP contribution in [0.1, 0.15) is 22.8 Å². The molecule has 2 N–H and O–H groups in total. The lowest BCUT2D eigenvalue weighted by Crippen LogP contribution is -2.39. The van der Waals surface area contributed by atoms with Crippen LogP contribution in [0.3, 0.4) is 0 Å². The van der Waals surface area contributed by atoms with Gasteiger partial charge in [0.2, 0.25) is 10.0 Å². The van der Waals surface area contributed by atoms with Crippen LogP contribution in [-0.4, -0.2) is 45.9 Å². The lowest BCUT2D eigenvalue weighted by molar-refractivity contribution is -0.119. The van der Waals surface area contributed by atoms with Crippen LogP contribution in [0, 0.1) is 0 Å². The van der Waals surface area contributed by atoms with Crippen molar-refractivity contribution in [3.8, 4) is 5.75 Å². The maximum absolute atomic E-state index is 12.5. The molecule has 36 heavy (non-hydrogen) atoms. The predicted molar refractivity (Wildman–Crippen MR) is 141 cm³/mol. The van der Waals surface area contributed by atoms with Crippen molar-refractivity contribution in [1.82, 2.24) is 5.43 Å². The molecule has 3 aromatic carbocycles. The summed E-state index contributed by atoms with van der Waals surface area (Å²) < 4.78 is 30.6. The number of ether oxygens (including phenoxy) is 1. The van der Waals surface area contributed by atoms with Gasteiger partial charge < -0.3 is 10.1 Å². The van der Waals surface area contributed by atoms with Gasteiger partial charge >= 0.3 is 0 Å². The first-order valence-corrected chi connectivity index (χ1v) is 12.9. The smallest absolute Gasteiger partial charge is 0.260 e. The van der Waals surface area contributed by atoms with Crippen LogP contribution in [0.2, 0.25) is 5.02 Å². The van der Waals surface area contributed by atoms with Crippen LogP contribution >= 0.6 is 11.6 Å². The zero-order chi connectivity index (χ0) is 26.3. The zero-order valence-corrected chi connectivity index (χ0v) is 21.4. The van der Waals surface area contributed by atoms with E-state index in [2.05, 4.69) is 15.8 Å². The Labute approximate surface area is 214 Å². The molecule has 188 valence electrons. The summed E-state index contributed by atoms with van der Waals surface area (Å²) in [5, 5.41) is 7.33.